The largest absolute Gasteiger partial charge is 0.457 e. The van der Waals surface area contributed by atoms with E-state index in [2.05, 4.69) is 5.32 Å². The number of rotatable bonds is 10. The molecular weight excluding hydrogens is 485 g/mol. The van der Waals surface area contributed by atoms with Gasteiger partial charge in [-0.2, -0.15) is 0 Å². The topological polar surface area (TPSA) is 112 Å². The zero-order valence-corrected chi connectivity index (χ0v) is 19.2. The van der Waals surface area contributed by atoms with Gasteiger partial charge in [0.05, 0.1) is 16.3 Å². The molecule has 1 N–H and O–H groups in total. The van der Waals surface area contributed by atoms with Crippen LogP contribution in [0.25, 0.3) is 0 Å². The van der Waals surface area contributed by atoms with E-state index in [0.29, 0.717) is 15.7 Å². The maximum atomic E-state index is 12.2. The molecule has 34 heavy (non-hydrogen) atoms. The minimum atomic E-state index is -0.663. The lowest BCUT2D eigenvalue weighted by atomic mass is 10.1. The van der Waals surface area contributed by atoms with Crippen molar-refractivity contribution < 1.29 is 33.1 Å². The Balaban J connectivity index is 1.36. The maximum absolute atomic E-state index is 12.2. The van der Waals surface area contributed by atoms with Crippen LogP contribution in [-0.4, -0.2) is 30.2 Å². The number of benzene rings is 2. The summed E-state index contributed by atoms with van der Waals surface area (Å²) in [6.07, 6.45) is 1.66. The first kappa shape index (κ1) is 25.0. The number of hydrogen-bond acceptors (Lipinski definition) is 7. The molecule has 176 valence electrons. The van der Waals surface area contributed by atoms with E-state index in [4.69, 9.17) is 37.1 Å². The summed E-state index contributed by atoms with van der Waals surface area (Å²) >= 11 is 11.7. The maximum Gasteiger partial charge on any atom is 0.379 e. The van der Waals surface area contributed by atoms with Gasteiger partial charge in [-0.3, -0.25) is 14.4 Å². The van der Waals surface area contributed by atoms with E-state index < -0.39 is 24.3 Å². The second-order valence-electron chi connectivity index (χ2n) is 7.01. The number of ether oxygens (including phenoxy) is 2. The highest BCUT2D eigenvalue weighted by molar-refractivity contribution is 6.42. The highest BCUT2D eigenvalue weighted by Gasteiger charge is 2.14. The first-order valence-corrected chi connectivity index (χ1v) is 10.9. The van der Waals surface area contributed by atoms with Crippen molar-refractivity contribution >= 4 is 52.5 Å². The minimum absolute atomic E-state index is 0.0241. The van der Waals surface area contributed by atoms with Gasteiger partial charge in [0.2, 0.25) is 11.7 Å². The van der Waals surface area contributed by atoms with Crippen LogP contribution in [0.3, 0.4) is 0 Å². The van der Waals surface area contributed by atoms with E-state index in [9.17, 15) is 19.2 Å². The van der Waals surface area contributed by atoms with Crippen molar-refractivity contribution in [1.29, 1.82) is 0 Å². The number of esters is 2. The van der Waals surface area contributed by atoms with E-state index in [1.54, 1.807) is 18.2 Å². The first-order valence-electron chi connectivity index (χ1n) is 10.1. The minimum Gasteiger partial charge on any atom is -0.457 e. The summed E-state index contributed by atoms with van der Waals surface area (Å²) in [6, 6.07) is 13.5. The Labute approximate surface area is 204 Å². The fourth-order valence-corrected chi connectivity index (χ4v) is 3.05. The molecule has 10 heteroatoms. The van der Waals surface area contributed by atoms with Gasteiger partial charge in [0, 0.05) is 24.1 Å². The van der Waals surface area contributed by atoms with Crippen LogP contribution in [0.15, 0.2) is 65.3 Å². The van der Waals surface area contributed by atoms with E-state index in [0.717, 1.165) is 0 Å². The highest BCUT2D eigenvalue weighted by Crippen LogP contribution is 2.25. The number of hydrogen-bond donors (Lipinski definition) is 1. The van der Waals surface area contributed by atoms with Gasteiger partial charge in [-0.05, 0) is 61.0 Å². The van der Waals surface area contributed by atoms with Gasteiger partial charge in [0.15, 0.2) is 12.4 Å². The van der Waals surface area contributed by atoms with E-state index in [1.807, 2.05) is 0 Å². The van der Waals surface area contributed by atoms with Crippen LogP contribution >= 0.6 is 23.2 Å². The zero-order valence-electron chi connectivity index (χ0n) is 17.7. The van der Waals surface area contributed by atoms with E-state index >= 15 is 0 Å². The molecule has 0 spiro atoms. The van der Waals surface area contributed by atoms with Crippen molar-refractivity contribution in [3.63, 3.8) is 0 Å². The Morgan fingerprint density at radius 1 is 0.912 bits per heavy atom. The van der Waals surface area contributed by atoms with Gasteiger partial charge in [0.1, 0.15) is 5.75 Å². The summed E-state index contributed by atoms with van der Waals surface area (Å²) in [4.78, 5) is 47.9. The van der Waals surface area contributed by atoms with Crippen molar-refractivity contribution in [3.05, 3.63) is 82.2 Å². The molecule has 0 radical (unpaired) electrons. The van der Waals surface area contributed by atoms with Gasteiger partial charge in [-0.15, -0.1) is 0 Å². The van der Waals surface area contributed by atoms with Crippen LogP contribution in [0.2, 0.25) is 10.0 Å². The molecule has 0 fully saturated rings. The summed E-state index contributed by atoms with van der Waals surface area (Å²) in [5.74, 6) is -1.69. The number of anilines is 1. The zero-order chi connectivity index (χ0) is 24.5. The number of Topliss-reactive ketones (excluding diaryl/α,β-unsaturated/α-hetero) is 1. The third-order valence-electron chi connectivity index (χ3n) is 4.46. The second kappa shape index (κ2) is 12.0. The number of ketones is 1. The van der Waals surface area contributed by atoms with Crippen molar-refractivity contribution in [2.24, 2.45) is 0 Å². The normalized spacial score (nSPS) is 10.4. The average molecular weight is 504 g/mol. The molecule has 2 aromatic carbocycles. The molecule has 0 saturated heterocycles. The van der Waals surface area contributed by atoms with Crippen molar-refractivity contribution in [1.82, 2.24) is 0 Å². The van der Waals surface area contributed by atoms with E-state index in [-0.39, 0.29) is 42.2 Å². The lowest BCUT2D eigenvalue weighted by molar-refractivity contribution is -0.142. The molecule has 3 aromatic rings. The SMILES string of the molecule is O=C(CCCC(=O)OCC(=O)c1ccc(OC(=O)c2ccco2)cc1)Nc1ccc(Cl)c(Cl)c1. The van der Waals surface area contributed by atoms with Gasteiger partial charge in [-0.25, -0.2) is 4.79 Å². The number of furan rings is 1. The summed E-state index contributed by atoms with van der Waals surface area (Å²) < 4.78 is 15.1. The van der Waals surface area contributed by atoms with Crippen LogP contribution in [0.4, 0.5) is 5.69 Å². The fourth-order valence-electron chi connectivity index (χ4n) is 2.75. The van der Waals surface area contributed by atoms with Gasteiger partial charge < -0.3 is 19.2 Å². The summed E-state index contributed by atoms with van der Waals surface area (Å²) in [5, 5.41) is 3.35. The monoisotopic (exact) mass is 503 g/mol. The Kier molecular flexibility index (Phi) is 8.84. The Morgan fingerprint density at radius 2 is 1.68 bits per heavy atom. The third-order valence-corrected chi connectivity index (χ3v) is 5.20. The Bertz CT molecular complexity index is 1170. The van der Waals surface area contributed by atoms with E-state index in [1.165, 1.54) is 42.7 Å². The molecule has 8 nitrogen and oxygen atoms in total. The second-order valence-corrected chi connectivity index (χ2v) is 7.82. The molecule has 0 saturated carbocycles. The van der Waals surface area contributed by atoms with Crippen LogP contribution in [0, 0.1) is 0 Å². The Hall–Kier alpha value is -3.62. The smallest absolute Gasteiger partial charge is 0.379 e. The van der Waals surface area contributed by atoms with Gasteiger partial charge in [-0.1, -0.05) is 23.2 Å². The quantitative estimate of drug-likeness (QED) is 0.225. The van der Waals surface area contributed by atoms with Crippen LogP contribution in [0.1, 0.15) is 40.2 Å². The molecule has 1 aromatic heterocycles. The number of amides is 1. The number of nitrogens with one attached hydrogen (secondary N) is 1. The molecule has 3 rings (SSSR count). The molecule has 0 aliphatic heterocycles. The van der Waals surface area contributed by atoms with Crippen LogP contribution in [-0.2, 0) is 14.3 Å². The summed E-state index contributed by atoms with van der Waals surface area (Å²) in [7, 11) is 0. The number of carbonyl (C=O) groups excluding carboxylic acids is 4. The van der Waals surface area contributed by atoms with Crippen molar-refractivity contribution in [2.45, 2.75) is 19.3 Å². The molecular formula is C24H19Cl2NO7. The molecule has 0 unspecified atom stereocenters. The fraction of sp³-hybridized carbons (Fsp3) is 0.167. The number of halogens is 2. The van der Waals surface area contributed by atoms with Gasteiger partial charge in [0.25, 0.3) is 0 Å². The van der Waals surface area contributed by atoms with Crippen LogP contribution in [0.5, 0.6) is 5.75 Å². The molecule has 0 aliphatic rings. The molecule has 0 aliphatic carbocycles. The summed E-state index contributed by atoms with van der Waals surface area (Å²) in [6.45, 7) is -0.445. The highest BCUT2D eigenvalue weighted by atomic mass is 35.5. The van der Waals surface area contributed by atoms with Crippen LogP contribution < -0.4 is 10.1 Å². The van der Waals surface area contributed by atoms with Gasteiger partial charge >= 0.3 is 11.9 Å². The lowest BCUT2D eigenvalue weighted by Crippen LogP contribution is -2.15. The molecule has 1 heterocycles. The third kappa shape index (κ3) is 7.47. The standard InChI is InChI=1S/C24H19Cl2NO7/c25-18-11-8-16(13-19(18)26)27-22(29)4-1-5-23(30)33-14-20(28)15-6-9-17(10-7-15)34-24(31)21-3-2-12-32-21/h2-3,6-13H,1,4-5,14H2,(H,27,29). The molecule has 0 atom stereocenters. The molecule has 0 bridgehead atoms. The predicted octanol–water partition coefficient (Wildman–Crippen LogP) is 5.34. The first-order chi connectivity index (χ1) is 16.3. The summed E-state index contributed by atoms with van der Waals surface area (Å²) in [5.41, 5.74) is 0.779. The number of carbonyl (C=O) groups is 4. The predicted molar refractivity (Wildman–Crippen MR) is 124 cm³/mol. The van der Waals surface area contributed by atoms with Crippen molar-refractivity contribution in [3.8, 4) is 5.75 Å². The van der Waals surface area contributed by atoms with Crippen molar-refractivity contribution in [2.75, 3.05) is 11.9 Å². The molecule has 1 amide bonds. The lowest BCUT2D eigenvalue weighted by Gasteiger charge is -2.07. The Morgan fingerprint density at radius 3 is 2.35 bits per heavy atom. The average Bonchev–Trinajstić information content (AvgIpc) is 3.36.